The van der Waals surface area contributed by atoms with Gasteiger partial charge in [-0.2, -0.15) is 0 Å². The maximum absolute atomic E-state index is 13.5. The van der Waals surface area contributed by atoms with E-state index in [0.717, 1.165) is 0 Å². The van der Waals surface area contributed by atoms with Crippen LogP contribution in [0.15, 0.2) is 48.5 Å². The Balaban J connectivity index is 1.87. The number of benzene rings is 2. The average molecular weight is 332 g/mol. The molecule has 0 bridgehead atoms. The highest BCUT2D eigenvalue weighted by Gasteiger charge is 2.17. The molecule has 2 amide bonds. The number of methoxy groups -OCH3 is 1. The van der Waals surface area contributed by atoms with Crippen molar-refractivity contribution in [2.24, 2.45) is 0 Å². The average Bonchev–Trinajstić information content (AvgIpc) is 2.61. The Morgan fingerprint density at radius 2 is 1.71 bits per heavy atom. The van der Waals surface area contributed by atoms with Gasteiger partial charge in [0.2, 0.25) is 0 Å². The highest BCUT2D eigenvalue weighted by Crippen LogP contribution is 2.17. The lowest BCUT2D eigenvalue weighted by molar-refractivity contribution is -0.128. The first-order valence-corrected chi connectivity index (χ1v) is 7.16. The standard InChI is InChI=1S/C17H17FN2O4/c1-11(24-15-6-4-3-5-14(15)18)16(21)19-20-17(22)12-7-9-13(23-2)10-8-12/h3-11H,1-2H3,(H,19,21)(H,20,22). The number of carbonyl (C=O) groups is 2. The van der Waals surface area contributed by atoms with Gasteiger partial charge < -0.3 is 9.47 Å². The maximum atomic E-state index is 13.5. The number of ether oxygens (including phenoxy) is 2. The van der Waals surface area contributed by atoms with Gasteiger partial charge in [0.05, 0.1) is 7.11 Å². The lowest BCUT2D eigenvalue weighted by Crippen LogP contribution is -2.47. The molecule has 1 atom stereocenters. The van der Waals surface area contributed by atoms with E-state index in [1.807, 2.05) is 0 Å². The van der Waals surface area contributed by atoms with Crippen LogP contribution in [0.5, 0.6) is 11.5 Å². The molecule has 0 fully saturated rings. The second-order valence-corrected chi connectivity index (χ2v) is 4.86. The van der Waals surface area contributed by atoms with Crippen LogP contribution < -0.4 is 20.3 Å². The zero-order valence-corrected chi connectivity index (χ0v) is 13.2. The summed E-state index contributed by atoms with van der Waals surface area (Å²) < 4.78 is 23.7. The van der Waals surface area contributed by atoms with Gasteiger partial charge in [0.15, 0.2) is 17.7 Å². The summed E-state index contributed by atoms with van der Waals surface area (Å²) in [7, 11) is 1.52. The number of hydrogen-bond acceptors (Lipinski definition) is 4. The molecule has 0 aromatic heterocycles. The second kappa shape index (κ2) is 7.96. The van der Waals surface area contributed by atoms with Crippen molar-refractivity contribution >= 4 is 11.8 Å². The summed E-state index contributed by atoms with van der Waals surface area (Å²) in [5.74, 6) is -1.10. The highest BCUT2D eigenvalue weighted by molar-refractivity contribution is 5.95. The van der Waals surface area contributed by atoms with Crippen molar-refractivity contribution in [3.8, 4) is 11.5 Å². The number of carbonyl (C=O) groups excluding carboxylic acids is 2. The fourth-order valence-electron chi connectivity index (χ4n) is 1.82. The summed E-state index contributed by atoms with van der Waals surface area (Å²) in [4.78, 5) is 23.8. The Hall–Kier alpha value is -3.09. The van der Waals surface area contributed by atoms with E-state index in [9.17, 15) is 14.0 Å². The molecule has 6 nitrogen and oxygen atoms in total. The Morgan fingerprint density at radius 3 is 2.33 bits per heavy atom. The van der Waals surface area contributed by atoms with Crippen LogP contribution in [0.25, 0.3) is 0 Å². The molecular weight excluding hydrogens is 315 g/mol. The molecule has 0 radical (unpaired) electrons. The zero-order chi connectivity index (χ0) is 17.5. The third-order valence-electron chi connectivity index (χ3n) is 3.16. The van der Waals surface area contributed by atoms with E-state index >= 15 is 0 Å². The minimum absolute atomic E-state index is 0.0402. The molecule has 0 saturated carbocycles. The first kappa shape index (κ1) is 17.3. The third-order valence-corrected chi connectivity index (χ3v) is 3.16. The van der Waals surface area contributed by atoms with Crippen LogP contribution >= 0.6 is 0 Å². The van der Waals surface area contributed by atoms with Crippen molar-refractivity contribution in [2.45, 2.75) is 13.0 Å². The molecule has 2 aromatic rings. The Labute approximate surface area is 138 Å². The second-order valence-electron chi connectivity index (χ2n) is 4.86. The van der Waals surface area contributed by atoms with Gasteiger partial charge in [0, 0.05) is 5.56 Å². The third kappa shape index (κ3) is 4.45. The van der Waals surface area contributed by atoms with E-state index in [-0.39, 0.29) is 5.75 Å². The molecule has 2 aromatic carbocycles. The summed E-state index contributed by atoms with van der Waals surface area (Å²) in [6, 6.07) is 12.1. The molecule has 0 heterocycles. The molecule has 2 rings (SSSR count). The Bertz CT molecular complexity index is 719. The number of para-hydroxylation sites is 1. The van der Waals surface area contributed by atoms with Gasteiger partial charge in [-0.15, -0.1) is 0 Å². The molecule has 0 saturated heterocycles. The van der Waals surface area contributed by atoms with Crippen molar-refractivity contribution in [2.75, 3.05) is 7.11 Å². The van der Waals surface area contributed by atoms with Gasteiger partial charge >= 0.3 is 0 Å². The number of hydrogen-bond donors (Lipinski definition) is 2. The number of rotatable bonds is 5. The van der Waals surface area contributed by atoms with E-state index in [1.54, 1.807) is 30.3 Å². The number of amides is 2. The van der Waals surface area contributed by atoms with Crippen LogP contribution in [0.4, 0.5) is 4.39 Å². The molecule has 0 aliphatic carbocycles. The largest absolute Gasteiger partial charge is 0.497 e. The van der Waals surface area contributed by atoms with E-state index in [1.165, 1.54) is 32.2 Å². The van der Waals surface area contributed by atoms with Crippen LogP contribution in [-0.4, -0.2) is 25.0 Å². The Kier molecular flexibility index (Phi) is 5.73. The van der Waals surface area contributed by atoms with Crippen molar-refractivity contribution in [3.63, 3.8) is 0 Å². The molecule has 126 valence electrons. The predicted molar refractivity (Wildman–Crippen MR) is 85.1 cm³/mol. The first-order chi connectivity index (χ1) is 11.5. The fraction of sp³-hybridized carbons (Fsp3) is 0.176. The van der Waals surface area contributed by atoms with Gasteiger partial charge in [0.1, 0.15) is 5.75 Å². The summed E-state index contributed by atoms with van der Waals surface area (Å²) in [6.45, 7) is 1.45. The van der Waals surface area contributed by atoms with Gasteiger partial charge in [-0.25, -0.2) is 4.39 Å². The van der Waals surface area contributed by atoms with Crippen molar-refractivity contribution in [1.82, 2.24) is 10.9 Å². The molecule has 1 unspecified atom stereocenters. The van der Waals surface area contributed by atoms with Crippen molar-refractivity contribution in [3.05, 3.63) is 59.9 Å². The normalized spacial score (nSPS) is 11.3. The monoisotopic (exact) mass is 332 g/mol. The molecule has 0 spiro atoms. The number of nitrogens with one attached hydrogen (secondary N) is 2. The van der Waals surface area contributed by atoms with Crippen LogP contribution in [0.2, 0.25) is 0 Å². The van der Waals surface area contributed by atoms with Crippen molar-refractivity contribution < 1.29 is 23.5 Å². The van der Waals surface area contributed by atoms with Gasteiger partial charge in [-0.05, 0) is 43.3 Å². The molecular formula is C17H17FN2O4. The minimum Gasteiger partial charge on any atom is -0.497 e. The smallest absolute Gasteiger partial charge is 0.279 e. The fourth-order valence-corrected chi connectivity index (χ4v) is 1.82. The SMILES string of the molecule is COc1ccc(C(=O)NNC(=O)C(C)Oc2ccccc2F)cc1. The molecule has 2 N–H and O–H groups in total. The van der Waals surface area contributed by atoms with Gasteiger partial charge in [0.25, 0.3) is 11.8 Å². The van der Waals surface area contributed by atoms with Crippen LogP contribution in [-0.2, 0) is 4.79 Å². The first-order valence-electron chi connectivity index (χ1n) is 7.16. The quantitative estimate of drug-likeness (QED) is 0.822. The van der Waals surface area contributed by atoms with Crippen LogP contribution in [0, 0.1) is 5.82 Å². The van der Waals surface area contributed by atoms with E-state index < -0.39 is 23.7 Å². The van der Waals surface area contributed by atoms with Gasteiger partial charge in [-0.3, -0.25) is 20.4 Å². The van der Waals surface area contributed by atoms with Crippen LogP contribution in [0.3, 0.4) is 0 Å². The number of hydrazine groups is 1. The van der Waals surface area contributed by atoms with E-state index in [2.05, 4.69) is 10.9 Å². The highest BCUT2D eigenvalue weighted by atomic mass is 19.1. The van der Waals surface area contributed by atoms with Gasteiger partial charge in [-0.1, -0.05) is 12.1 Å². The Morgan fingerprint density at radius 1 is 1.04 bits per heavy atom. The van der Waals surface area contributed by atoms with E-state index in [0.29, 0.717) is 11.3 Å². The lowest BCUT2D eigenvalue weighted by atomic mass is 10.2. The molecule has 7 heteroatoms. The summed E-state index contributed by atoms with van der Waals surface area (Å²) in [6.07, 6.45) is -0.988. The molecule has 0 aliphatic rings. The maximum Gasteiger partial charge on any atom is 0.279 e. The number of halogens is 1. The topological polar surface area (TPSA) is 76.7 Å². The van der Waals surface area contributed by atoms with Crippen LogP contribution in [0.1, 0.15) is 17.3 Å². The zero-order valence-electron chi connectivity index (χ0n) is 13.2. The van der Waals surface area contributed by atoms with Crippen molar-refractivity contribution in [1.29, 1.82) is 0 Å². The molecule has 24 heavy (non-hydrogen) atoms. The molecule has 0 aliphatic heterocycles. The summed E-state index contributed by atoms with van der Waals surface area (Å²) >= 11 is 0. The summed E-state index contributed by atoms with van der Waals surface area (Å²) in [5, 5.41) is 0. The summed E-state index contributed by atoms with van der Waals surface area (Å²) in [5.41, 5.74) is 4.84. The van der Waals surface area contributed by atoms with E-state index in [4.69, 9.17) is 9.47 Å². The predicted octanol–water partition coefficient (Wildman–Crippen LogP) is 2.06. The lowest BCUT2D eigenvalue weighted by Gasteiger charge is -2.15. The minimum atomic E-state index is -0.988.